The molecule has 0 aromatic heterocycles. The number of aliphatic hydroxyl groups is 1. The SMILES string of the molecule is Cc1ccc(C2CC(O)(/C=C/c3ccccc3)C(C(=O)/C=C/c3ccccc3)C2c2ccc(C)cc2)cc1. The van der Waals surface area contributed by atoms with Gasteiger partial charge in [0.2, 0.25) is 0 Å². The summed E-state index contributed by atoms with van der Waals surface area (Å²) in [4.78, 5) is 14.0. The molecule has 1 saturated carbocycles. The first-order valence-electron chi connectivity index (χ1n) is 13.3. The Morgan fingerprint density at radius 2 is 1.21 bits per heavy atom. The van der Waals surface area contributed by atoms with Gasteiger partial charge in [0, 0.05) is 5.92 Å². The quantitative estimate of drug-likeness (QED) is 0.263. The van der Waals surface area contributed by atoms with Crippen molar-refractivity contribution < 1.29 is 9.90 Å². The van der Waals surface area contributed by atoms with Gasteiger partial charge in [0.25, 0.3) is 0 Å². The Kier molecular flexibility index (Phi) is 7.53. The largest absolute Gasteiger partial charge is 0.385 e. The smallest absolute Gasteiger partial charge is 0.162 e. The van der Waals surface area contributed by atoms with E-state index in [4.69, 9.17) is 0 Å². The van der Waals surface area contributed by atoms with E-state index < -0.39 is 11.5 Å². The van der Waals surface area contributed by atoms with Gasteiger partial charge < -0.3 is 5.11 Å². The number of ketones is 1. The zero-order valence-corrected chi connectivity index (χ0v) is 22.0. The number of carbonyl (C=O) groups excluding carboxylic acids is 1. The molecule has 0 radical (unpaired) electrons. The van der Waals surface area contributed by atoms with E-state index in [9.17, 15) is 9.90 Å². The third-order valence-corrected chi connectivity index (χ3v) is 7.76. The standard InChI is InChI=1S/C36H34O2/c1-26-13-18-30(19-14-26)32-25-36(38,24-23-29-11-7-4-8-12-29)35(34(32)31-20-15-27(2)16-21-31)33(37)22-17-28-9-5-3-6-10-28/h3-24,32,34-35,38H,25H2,1-2H3/b22-17+,24-23+. The van der Waals surface area contributed by atoms with Crippen LogP contribution < -0.4 is 0 Å². The second kappa shape index (κ2) is 11.2. The summed E-state index contributed by atoms with van der Waals surface area (Å²) in [5, 5.41) is 12.3. The Balaban J connectivity index is 1.62. The van der Waals surface area contributed by atoms with Crippen LogP contribution in [0.15, 0.2) is 121 Å². The van der Waals surface area contributed by atoms with Crippen molar-refractivity contribution in [1.29, 1.82) is 0 Å². The molecule has 0 spiro atoms. The molecule has 2 heteroatoms. The monoisotopic (exact) mass is 498 g/mol. The normalized spacial score (nSPS) is 23.3. The summed E-state index contributed by atoms with van der Waals surface area (Å²) in [6.45, 7) is 4.15. The maximum absolute atomic E-state index is 14.0. The van der Waals surface area contributed by atoms with Crippen LogP contribution in [0.3, 0.4) is 0 Å². The van der Waals surface area contributed by atoms with Crippen molar-refractivity contribution in [2.45, 2.75) is 37.7 Å². The fourth-order valence-corrected chi connectivity index (χ4v) is 5.75. The maximum atomic E-state index is 14.0. The molecule has 0 heterocycles. The molecule has 4 aromatic rings. The highest BCUT2D eigenvalue weighted by atomic mass is 16.3. The number of hydrogen-bond acceptors (Lipinski definition) is 2. The number of benzene rings is 4. The molecular formula is C36H34O2. The Morgan fingerprint density at radius 1 is 0.711 bits per heavy atom. The lowest BCUT2D eigenvalue weighted by Gasteiger charge is -2.29. The number of allylic oxidation sites excluding steroid dienone is 1. The van der Waals surface area contributed by atoms with E-state index in [1.165, 1.54) is 11.1 Å². The van der Waals surface area contributed by atoms with Crippen molar-refractivity contribution in [3.8, 4) is 0 Å². The summed E-state index contributed by atoms with van der Waals surface area (Å²) in [6, 6.07) is 36.8. The average Bonchev–Trinajstić information content (AvgIpc) is 3.26. The molecule has 1 fully saturated rings. The number of aryl methyl sites for hydroxylation is 2. The number of hydrogen-bond donors (Lipinski definition) is 1. The second-order valence-electron chi connectivity index (χ2n) is 10.5. The van der Waals surface area contributed by atoms with E-state index >= 15 is 0 Å². The van der Waals surface area contributed by atoms with Crippen molar-refractivity contribution in [2.24, 2.45) is 5.92 Å². The van der Waals surface area contributed by atoms with Crippen LogP contribution >= 0.6 is 0 Å². The minimum Gasteiger partial charge on any atom is -0.385 e. The minimum absolute atomic E-state index is 0.0113. The second-order valence-corrected chi connectivity index (χ2v) is 10.5. The summed E-state index contributed by atoms with van der Waals surface area (Å²) >= 11 is 0. The Morgan fingerprint density at radius 3 is 1.76 bits per heavy atom. The lowest BCUT2D eigenvalue weighted by atomic mass is 9.76. The summed E-state index contributed by atoms with van der Waals surface area (Å²) < 4.78 is 0. The van der Waals surface area contributed by atoms with Gasteiger partial charge in [-0.25, -0.2) is 0 Å². The third-order valence-electron chi connectivity index (χ3n) is 7.76. The van der Waals surface area contributed by atoms with Gasteiger partial charge in [0.05, 0.1) is 11.5 Å². The van der Waals surface area contributed by atoms with Crippen LogP contribution in [0.2, 0.25) is 0 Å². The first kappa shape index (κ1) is 25.6. The number of rotatable bonds is 7. The Bertz CT molecular complexity index is 1420. The number of carbonyl (C=O) groups is 1. The van der Waals surface area contributed by atoms with Gasteiger partial charge in [-0.05, 0) is 54.5 Å². The predicted octanol–water partition coefficient (Wildman–Crippen LogP) is 7.92. The topological polar surface area (TPSA) is 37.3 Å². The van der Waals surface area contributed by atoms with Gasteiger partial charge >= 0.3 is 0 Å². The van der Waals surface area contributed by atoms with Gasteiger partial charge in [0.1, 0.15) is 0 Å². The molecule has 0 saturated heterocycles. The molecular weight excluding hydrogens is 464 g/mol. The van der Waals surface area contributed by atoms with Gasteiger partial charge in [-0.2, -0.15) is 0 Å². The fourth-order valence-electron chi connectivity index (χ4n) is 5.75. The van der Waals surface area contributed by atoms with Crippen LogP contribution in [0.1, 0.15) is 51.6 Å². The van der Waals surface area contributed by atoms with Crippen LogP contribution in [-0.4, -0.2) is 16.5 Å². The van der Waals surface area contributed by atoms with E-state index in [2.05, 4.69) is 62.4 Å². The highest BCUT2D eigenvalue weighted by Gasteiger charge is 2.54. The molecule has 5 rings (SSSR count). The molecule has 190 valence electrons. The van der Waals surface area contributed by atoms with Crippen LogP contribution in [0, 0.1) is 19.8 Å². The van der Waals surface area contributed by atoms with Gasteiger partial charge in [0.15, 0.2) is 5.78 Å². The van der Waals surface area contributed by atoms with E-state index in [0.717, 1.165) is 22.3 Å². The highest BCUT2D eigenvalue weighted by Crippen LogP contribution is 2.55. The van der Waals surface area contributed by atoms with Gasteiger partial charge in [-0.1, -0.05) is 139 Å². The molecule has 2 nitrogen and oxygen atoms in total. The van der Waals surface area contributed by atoms with E-state index in [-0.39, 0.29) is 17.6 Å². The van der Waals surface area contributed by atoms with E-state index in [0.29, 0.717) is 6.42 Å². The summed E-state index contributed by atoms with van der Waals surface area (Å²) in [7, 11) is 0. The lowest BCUT2D eigenvalue weighted by Crippen LogP contribution is -2.37. The molecule has 0 bridgehead atoms. The molecule has 0 aliphatic heterocycles. The molecule has 0 amide bonds. The van der Waals surface area contributed by atoms with Crippen molar-refractivity contribution in [1.82, 2.24) is 0 Å². The third kappa shape index (κ3) is 5.61. The fraction of sp³-hybridized carbons (Fsp3) is 0.194. The average molecular weight is 499 g/mol. The van der Waals surface area contributed by atoms with Crippen LogP contribution in [0.4, 0.5) is 0 Å². The van der Waals surface area contributed by atoms with Crippen LogP contribution in [-0.2, 0) is 4.79 Å². The summed E-state index contributed by atoms with van der Waals surface area (Å²) in [5.41, 5.74) is 5.24. The summed E-state index contributed by atoms with van der Waals surface area (Å²) in [6.07, 6.45) is 7.78. The zero-order chi connectivity index (χ0) is 26.5. The first-order chi connectivity index (χ1) is 18.4. The molecule has 1 aliphatic rings. The maximum Gasteiger partial charge on any atom is 0.162 e. The predicted molar refractivity (Wildman–Crippen MR) is 157 cm³/mol. The Labute approximate surface area is 226 Å². The molecule has 1 aliphatic carbocycles. The van der Waals surface area contributed by atoms with E-state index in [1.807, 2.05) is 78.9 Å². The Hall–Kier alpha value is -4.01. The molecule has 38 heavy (non-hydrogen) atoms. The molecule has 4 unspecified atom stereocenters. The highest BCUT2D eigenvalue weighted by molar-refractivity contribution is 5.97. The molecule has 1 N–H and O–H groups in total. The lowest BCUT2D eigenvalue weighted by molar-refractivity contribution is -0.123. The summed E-state index contributed by atoms with van der Waals surface area (Å²) in [5.74, 6) is -0.870. The van der Waals surface area contributed by atoms with E-state index in [1.54, 1.807) is 6.08 Å². The van der Waals surface area contributed by atoms with Crippen molar-refractivity contribution in [2.75, 3.05) is 0 Å². The van der Waals surface area contributed by atoms with Crippen molar-refractivity contribution >= 4 is 17.9 Å². The molecule has 4 aromatic carbocycles. The van der Waals surface area contributed by atoms with Gasteiger partial charge in [-0.15, -0.1) is 0 Å². The van der Waals surface area contributed by atoms with Crippen LogP contribution in [0.5, 0.6) is 0 Å². The zero-order valence-electron chi connectivity index (χ0n) is 22.0. The minimum atomic E-state index is -1.31. The molecule has 4 atom stereocenters. The van der Waals surface area contributed by atoms with Crippen molar-refractivity contribution in [3.63, 3.8) is 0 Å². The van der Waals surface area contributed by atoms with Crippen LogP contribution in [0.25, 0.3) is 12.2 Å². The first-order valence-corrected chi connectivity index (χ1v) is 13.3. The van der Waals surface area contributed by atoms with Crippen molar-refractivity contribution in [3.05, 3.63) is 155 Å². The van der Waals surface area contributed by atoms with Gasteiger partial charge in [-0.3, -0.25) is 4.79 Å².